The van der Waals surface area contributed by atoms with Crippen LogP contribution in [0.25, 0.3) is 0 Å². The molecule has 6 heteroatoms. The summed E-state index contributed by atoms with van der Waals surface area (Å²) in [4.78, 5) is 8.71. The third kappa shape index (κ3) is 2.62. The van der Waals surface area contributed by atoms with Crippen molar-refractivity contribution in [2.45, 2.75) is 11.8 Å². The van der Waals surface area contributed by atoms with Gasteiger partial charge in [0.1, 0.15) is 0 Å². The molecule has 0 bridgehead atoms. The summed E-state index contributed by atoms with van der Waals surface area (Å²) in [6, 6.07) is 1.72. The van der Waals surface area contributed by atoms with Crippen LogP contribution in [0.5, 0.6) is 0 Å². The second kappa shape index (κ2) is 4.64. The smallest absolute Gasteiger partial charge is 0.0722 e. The van der Waals surface area contributed by atoms with Crippen molar-refractivity contribution in [3.8, 4) is 0 Å². The van der Waals surface area contributed by atoms with Crippen LogP contribution in [-0.4, -0.2) is 4.98 Å². The number of aromatic nitrogens is 1. The number of rotatable bonds is 3. The molecule has 0 atom stereocenters. The molecule has 0 saturated carbocycles. The molecule has 1 heterocycles. The molecule has 1 aromatic heterocycles. The maximum atomic E-state index is 5.69. The molecule has 0 aromatic carbocycles. The van der Waals surface area contributed by atoms with Crippen molar-refractivity contribution in [1.29, 1.82) is 0 Å². The maximum absolute atomic E-state index is 5.69. The molecule has 2 N–H and O–H groups in total. The summed E-state index contributed by atoms with van der Waals surface area (Å²) >= 11 is 6.66. The molecular weight excluding hydrogens is 200 g/mol. The topological polar surface area (TPSA) is 57.4 Å². The molecule has 0 fully saturated rings. The van der Waals surface area contributed by atoms with Crippen molar-refractivity contribution in [3.05, 3.63) is 23.0 Å². The van der Waals surface area contributed by atoms with Gasteiger partial charge in [0.25, 0.3) is 0 Å². The lowest BCUT2D eigenvalue weighted by Crippen LogP contribution is -1.95. The highest BCUT2D eigenvalue weighted by Crippen LogP contribution is 2.24. The number of nitrogens with zero attached hydrogens (tertiary/aromatic N) is 1. The Balaban J connectivity index is 2.75. The van der Waals surface area contributed by atoms with E-state index in [-0.39, 0.29) is 0 Å². The van der Waals surface area contributed by atoms with Gasteiger partial charge < -0.3 is 0 Å². The van der Waals surface area contributed by atoms with Crippen LogP contribution in [0.2, 0.25) is 5.02 Å². The highest BCUT2D eigenvalue weighted by molar-refractivity contribution is 7.94. The summed E-state index contributed by atoms with van der Waals surface area (Å²) in [5, 5.41) is 0.545. The van der Waals surface area contributed by atoms with E-state index in [1.165, 1.54) is 0 Å². The van der Waals surface area contributed by atoms with Crippen molar-refractivity contribution in [1.82, 2.24) is 4.98 Å². The molecule has 0 radical (unpaired) electrons. The summed E-state index contributed by atoms with van der Waals surface area (Å²) in [5.74, 6) is 4.67. The van der Waals surface area contributed by atoms with Gasteiger partial charge >= 0.3 is 0 Å². The molecular formula is C6H7ClN2O2S. The Morgan fingerprint density at radius 1 is 1.67 bits per heavy atom. The van der Waals surface area contributed by atoms with Gasteiger partial charge in [-0.25, -0.2) is 0 Å². The van der Waals surface area contributed by atoms with E-state index < -0.39 is 0 Å². The Bertz CT molecular complexity index is 272. The van der Waals surface area contributed by atoms with Crippen LogP contribution in [0.1, 0.15) is 5.69 Å². The van der Waals surface area contributed by atoms with E-state index in [9.17, 15) is 0 Å². The third-order valence-electron chi connectivity index (χ3n) is 1.17. The first-order valence-electron chi connectivity index (χ1n) is 3.06. The van der Waals surface area contributed by atoms with Crippen molar-refractivity contribution in [2.24, 2.45) is 5.90 Å². The molecule has 0 amide bonds. The van der Waals surface area contributed by atoms with Crippen LogP contribution >= 0.6 is 23.6 Å². The molecule has 4 nitrogen and oxygen atoms in total. The predicted molar refractivity (Wildman–Crippen MR) is 46.2 cm³/mol. The third-order valence-corrected chi connectivity index (χ3v) is 2.12. The first-order chi connectivity index (χ1) is 5.74. The lowest BCUT2D eigenvalue weighted by molar-refractivity contribution is -0.195. The zero-order valence-electron chi connectivity index (χ0n) is 6.28. The van der Waals surface area contributed by atoms with Crippen LogP contribution in [0.3, 0.4) is 0 Å². The predicted octanol–water partition coefficient (Wildman–Crippen LogP) is 1.87. The molecule has 0 aliphatic carbocycles. The molecule has 0 spiro atoms. The summed E-state index contributed by atoms with van der Waals surface area (Å²) in [6.07, 6.45) is 1.56. The second-order valence-corrected chi connectivity index (χ2v) is 3.16. The van der Waals surface area contributed by atoms with Gasteiger partial charge in [-0.05, 0) is 13.0 Å². The minimum Gasteiger partial charge on any atom is -0.259 e. The van der Waals surface area contributed by atoms with Crippen LogP contribution < -0.4 is 5.90 Å². The average Bonchev–Trinajstić information content (AvgIpc) is 2.07. The lowest BCUT2D eigenvalue weighted by Gasteiger charge is -2.01. The number of pyridine rings is 1. The number of hydrogen-bond donors (Lipinski definition) is 1. The Morgan fingerprint density at radius 2 is 2.42 bits per heavy atom. The van der Waals surface area contributed by atoms with Gasteiger partial charge in [-0.3, -0.25) is 4.98 Å². The van der Waals surface area contributed by atoms with Gasteiger partial charge in [-0.1, -0.05) is 11.6 Å². The van der Waals surface area contributed by atoms with E-state index in [0.717, 1.165) is 22.6 Å². The SMILES string of the molecule is Cc1ncc(Cl)cc1SOON. The van der Waals surface area contributed by atoms with Crippen molar-refractivity contribution in [2.75, 3.05) is 0 Å². The van der Waals surface area contributed by atoms with Gasteiger partial charge in [0.15, 0.2) is 0 Å². The van der Waals surface area contributed by atoms with E-state index >= 15 is 0 Å². The fraction of sp³-hybridized carbons (Fsp3) is 0.167. The summed E-state index contributed by atoms with van der Waals surface area (Å²) < 4.78 is 4.45. The van der Waals surface area contributed by atoms with Gasteiger partial charge in [0.2, 0.25) is 0 Å². The first kappa shape index (κ1) is 9.76. The monoisotopic (exact) mass is 206 g/mol. The molecule has 0 unspecified atom stereocenters. The fourth-order valence-corrected chi connectivity index (χ4v) is 1.31. The maximum Gasteiger partial charge on any atom is 0.0722 e. The minimum absolute atomic E-state index is 0.545. The van der Waals surface area contributed by atoms with Gasteiger partial charge in [0, 0.05) is 6.20 Å². The van der Waals surface area contributed by atoms with Crippen molar-refractivity contribution >= 4 is 23.6 Å². The largest absolute Gasteiger partial charge is 0.259 e. The van der Waals surface area contributed by atoms with Crippen LogP contribution in [0.4, 0.5) is 0 Å². The number of aryl methyl sites for hydroxylation is 1. The molecule has 0 aliphatic heterocycles. The Morgan fingerprint density at radius 3 is 3.08 bits per heavy atom. The van der Waals surface area contributed by atoms with Gasteiger partial charge in [-0.2, -0.15) is 5.90 Å². The zero-order chi connectivity index (χ0) is 8.97. The standard InChI is InChI=1S/C6H7ClN2O2S/c1-4-6(12-11-10-8)2-5(7)3-9-4/h2-3H,8H2,1H3. The summed E-state index contributed by atoms with van der Waals surface area (Å²) in [6.45, 7) is 1.83. The molecule has 66 valence electrons. The van der Waals surface area contributed by atoms with E-state index in [1.807, 2.05) is 6.92 Å². The van der Waals surface area contributed by atoms with E-state index in [4.69, 9.17) is 11.6 Å². The zero-order valence-corrected chi connectivity index (χ0v) is 7.85. The average molecular weight is 207 g/mol. The van der Waals surface area contributed by atoms with Crippen LogP contribution in [0.15, 0.2) is 17.2 Å². The Kier molecular flexibility index (Phi) is 3.77. The number of halogens is 1. The van der Waals surface area contributed by atoms with Gasteiger partial charge in [-0.15, -0.1) is 9.32 Å². The lowest BCUT2D eigenvalue weighted by atomic mass is 10.4. The number of hydrogen-bond acceptors (Lipinski definition) is 5. The van der Waals surface area contributed by atoms with Crippen LogP contribution in [0, 0.1) is 6.92 Å². The minimum atomic E-state index is 0.545. The quantitative estimate of drug-likeness (QED) is 0.465. The van der Waals surface area contributed by atoms with E-state index in [1.54, 1.807) is 12.3 Å². The Labute approximate surface area is 79.1 Å². The highest BCUT2D eigenvalue weighted by Gasteiger charge is 2.02. The van der Waals surface area contributed by atoms with E-state index in [0.29, 0.717) is 5.02 Å². The molecule has 0 saturated heterocycles. The molecule has 12 heavy (non-hydrogen) atoms. The molecule has 1 rings (SSSR count). The van der Waals surface area contributed by atoms with Crippen LogP contribution in [-0.2, 0) is 9.32 Å². The highest BCUT2D eigenvalue weighted by atomic mass is 35.5. The second-order valence-electron chi connectivity index (χ2n) is 1.98. The van der Waals surface area contributed by atoms with Gasteiger partial charge in [0.05, 0.1) is 27.7 Å². The fourth-order valence-electron chi connectivity index (χ4n) is 0.630. The first-order valence-corrected chi connectivity index (χ1v) is 4.18. The Hall–Kier alpha value is -0.330. The van der Waals surface area contributed by atoms with Crippen molar-refractivity contribution < 1.29 is 9.32 Å². The van der Waals surface area contributed by atoms with Crippen molar-refractivity contribution in [3.63, 3.8) is 0 Å². The summed E-state index contributed by atoms with van der Waals surface area (Å²) in [5.41, 5.74) is 0.807. The molecule has 0 aliphatic rings. The molecule has 1 aromatic rings. The van der Waals surface area contributed by atoms with E-state index in [2.05, 4.69) is 20.2 Å². The summed E-state index contributed by atoms with van der Waals surface area (Å²) in [7, 11) is 0. The number of nitrogens with two attached hydrogens (primary N) is 1. The normalized spacial score (nSPS) is 10.2.